The maximum atomic E-state index is 12.4. The molecular weight excluding hydrogens is 286 g/mol. The maximum absolute atomic E-state index is 12.4. The number of para-hydroxylation sites is 2. The number of hydrogen-bond acceptors (Lipinski definition) is 2. The third kappa shape index (κ3) is 4.01. The van der Waals surface area contributed by atoms with Gasteiger partial charge in [0.25, 0.3) is 0 Å². The first-order valence-corrected chi connectivity index (χ1v) is 8.52. The summed E-state index contributed by atoms with van der Waals surface area (Å²) in [6.07, 6.45) is 7.97. The Hall–Kier alpha value is -2.10. The number of benzene rings is 1. The zero-order chi connectivity index (χ0) is 16.2. The van der Waals surface area contributed by atoms with Gasteiger partial charge >= 0.3 is 0 Å². The van der Waals surface area contributed by atoms with Gasteiger partial charge in [-0.3, -0.25) is 4.79 Å². The van der Waals surface area contributed by atoms with Gasteiger partial charge in [0, 0.05) is 6.42 Å². The number of carbonyl (C=O) groups is 1. The molecule has 0 saturated carbocycles. The molecule has 1 aromatic carbocycles. The third-order valence-electron chi connectivity index (χ3n) is 4.34. The number of nitrogens with one attached hydrogen (secondary N) is 2. The first kappa shape index (κ1) is 15.8. The number of H-pyrrole nitrogens is 1. The summed E-state index contributed by atoms with van der Waals surface area (Å²) >= 11 is 0. The van der Waals surface area contributed by atoms with E-state index in [1.54, 1.807) is 0 Å². The van der Waals surface area contributed by atoms with E-state index < -0.39 is 0 Å². The number of amides is 1. The van der Waals surface area contributed by atoms with Gasteiger partial charge in [0.2, 0.25) is 5.91 Å². The summed E-state index contributed by atoms with van der Waals surface area (Å²) in [6.45, 7) is 4.34. The van der Waals surface area contributed by atoms with Crippen molar-refractivity contribution < 1.29 is 4.79 Å². The number of aromatic nitrogens is 2. The number of fused-ring (bicyclic) bond motifs is 1. The number of imidazole rings is 1. The number of carbonyl (C=O) groups excluding carboxylic acids is 1. The first-order chi connectivity index (χ1) is 11.1. The van der Waals surface area contributed by atoms with Gasteiger partial charge < -0.3 is 10.3 Å². The van der Waals surface area contributed by atoms with Crippen molar-refractivity contribution in [1.82, 2.24) is 15.3 Å². The minimum Gasteiger partial charge on any atom is -0.346 e. The molecule has 1 aromatic heterocycles. The Bertz CT molecular complexity index is 668. The summed E-state index contributed by atoms with van der Waals surface area (Å²) in [5, 5.41) is 3.19. The number of aromatic amines is 1. The second-order valence-electron chi connectivity index (χ2n) is 6.86. The van der Waals surface area contributed by atoms with E-state index in [-0.39, 0.29) is 11.9 Å². The van der Waals surface area contributed by atoms with Crippen LogP contribution in [0.1, 0.15) is 51.4 Å². The van der Waals surface area contributed by atoms with Crippen LogP contribution in [0, 0.1) is 11.8 Å². The van der Waals surface area contributed by atoms with Gasteiger partial charge in [-0.2, -0.15) is 0 Å². The van der Waals surface area contributed by atoms with Crippen molar-refractivity contribution >= 4 is 16.9 Å². The highest BCUT2D eigenvalue weighted by Crippen LogP contribution is 2.24. The molecule has 2 unspecified atom stereocenters. The molecule has 0 radical (unpaired) electrons. The molecule has 0 bridgehead atoms. The van der Waals surface area contributed by atoms with Crippen LogP contribution in [-0.4, -0.2) is 15.9 Å². The molecule has 23 heavy (non-hydrogen) atoms. The van der Waals surface area contributed by atoms with Crippen molar-refractivity contribution in [2.24, 2.45) is 11.8 Å². The number of rotatable bonds is 6. The quantitative estimate of drug-likeness (QED) is 0.788. The zero-order valence-electron chi connectivity index (χ0n) is 13.9. The Kier molecular flexibility index (Phi) is 4.79. The Balaban J connectivity index is 1.73. The Labute approximate surface area is 137 Å². The van der Waals surface area contributed by atoms with Crippen LogP contribution in [-0.2, 0) is 4.79 Å². The highest BCUT2D eigenvalue weighted by molar-refractivity contribution is 5.78. The highest BCUT2D eigenvalue weighted by atomic mass is 16.1. The molecule has 4 heteroatoms. The van der Waals surface area contributed by atoms with Gasteiger partial charge in [-0.1, -0.05) is 38.1 Å². The molecule has 0 aliphatic heterocycles. The second-order valence-corrected chi connectivity index (χ2v) is 6.86. The SMILES string of the molecule is CC(C)CC(NC(=O)CC1C=CCC1)c1nc2ccccc2[nH]1. The number of allylic oxidation sites excluding steroid dienone is 2. The minimum atomic E-state index is -0.0553. The van der Waals surface area contributed by atoms with Crippen LogP contribution in [0.3, 0.4) is 0 Å². The summed E-state index contributed by atoms with van der Waals surface area (Å²) < 4.78 is 0. The van der Waals surface area contributed by atoms with Crippen molar-refractivity contribution in [3.05, 3.63) is 42.2 Å². The summed E-state index contributed by atoms with van der Waals surface area (Å²) in [7, 11) is 0. The Morgan fingerprint density at radius 1 is 1.39 bits per heavy atom. The van der Waals surface area contributed by atoms with Gasteiger partial charge in [0.15, 0.2) is 0 Å². The third-order valence-corrected chi connectivity index (χ3v) is 4.34. The molecule has 0 saturated heterocycles. The molecule has 1 aliphatic rings. The van der Waals surface area contributed by atoms with E-state index >= 15 is 0 Å². The molecule has 0 fully saturated rings. The molecule has 1 aliphatic carbocycles. The van der Waals surface area contributed by atoms with Crippen molar-refractivity contribution in [3.63, 3.8) is 0 Å². The van der Waals surface area contributed by atoms with E-state index in [1.807, 2.05) is 24.3 Å². The number of nitrogens with zero attached hydrogens (tertiary/aromatic N) is 1. The smallest absolute Gasteiger partial charge is 0.221 e. The standard InChI is InChI=1S/C19H25N3O/c1-13(2)11-17(20-18(23)12-14-7-3-4-8-14)19-21-15-9-5-6-10-16(15)22-19/h3,5-7,9-10,13-14,17H,4,8,11-12H2,1-2H3,(H,20,23)(H,21,22). The van der Waals surface area contributed by atoms with Crippen LogP contribution in [0.5, 0.6) is 0 Å². The molecule has 0 spiro atoms. The van der Waals surface area contributed by atoms with Crippen LogP contribution < -0.4 is 5.32 Å². The highest BCUT2D eigenvalue weighted by Gasteiger charge is 2.21. The van der Waals surface area contributed by atoms with E-state index in [2.05, 4.69) is 41.3 Å². The van der Waals surface area contributed by atoms with Crippen molar-refractivity contribution in [2.75, 3.05) is 0 Å². The van der Waals surface area contributed by atoms with E-state index in [4.69, 9.17) is 0 Å². The lowest BCUT2D eigenvalue weighted by atomic mass is 10.0. The van der Waals surface area contributed by atoms with Gasteiger partial charge in [-0.25, -0.2) is 4.98 Å². The topological polar surface area (TPSA) is 57.8 Å². The largest absolute Gasteiger partial charge is 0.346 e. The predicted molar refractivity (Wildman–Crippen MR) is 92.9 cm³/mol. The molecule has 3 rings (SSSR count). The van der Waals surface area contributed by atoms with E-state index in [9.17, 15) is 4.79 Å². The minimum absolute atomic E-state index is 0.0553. The van der Waals surface area contributed by atoms with Crippen molar-refractivity contribution in [1.29, 1.82) is 0 Å². The normalized spacial score (nSPS) is 18.7. The Morgan fingerprint density at radius 2 is 2.22 bits per heavy atom. The molecule has 122 valence electrons. The lowest BCUT2D eigenvalue weighted by molar-refractivity contribution is -0.122. The summed E-state index contributed by atoms with van der Waals surface area (Å²) in [6, 6.07) is 7.93. The predicted octanol–water partition coefficient (Wildman–Crippen LogP) is 4.12. The average molecular weight is 311 g/mol. The average Bonchev–Trinajstić information content (AvgIpc) is 3.14. The first-order valence-electron chi connectivity index (χ1n) is 8.52. The van der Waals surface area contributed by atoms with Gasteiger partial charge in [0.05, 0.1) is 17.1 Å². The fourth-order valence-electron chi connectivity index (χ4n) is 3.20. The van der Waals surface area contributed by atoms with E-state index in [1.165, 1.54) is 0 Å². The molecule has 2 atom stereocenters. The van der Waals surface area contributed by atoms with Crippen LogP contribution >= 0.6 is 0 Å². The molecule has 1 heterocycles. The van der Waals surface area contributed by atoms with Crippen LogP contribution in [0.25, 0.3) is 11.0 Å². The molecular formula is C19H25N3O. The second kappa shape index (κ2) is 6.99. The maximum Gasteiger partial charge on any atom is 0.221 e. The van der Waals surface area contributed by atoms with Gasteiger partial charge in [0.1, 0.15) is 5.82 Å². The fraction of sp³-hybridized carbons (Fsp3) is 0.474. The van der Waals surface area contributed by atoms with Gasteiger partial charge in [-0.05, 0) is 43.2 Å². The molecule has 1 amide bonds. The lowest BCUT2D eigenvalue weighted by Gasteiger charge is -2.19. The van der Waals surface area contributed by atoms with Crippen LogP contribution in [0.15, 0.2) is 36.4 Å². The Morgan fingerprint density at radius 3 is 2.91 bits per heavy atom. The van der Waals surface area contributed by atoms with Crippen LogP contribution in [0.4, 0.5) is 0 Å². The summed E-state index contributed by atoms with van der Waals surface area (Å²) in [5.74, 6) is 1.85. The van der Waals surface area contributed by atoms with Crippen molar-refractivity contribution in [3.8, 4) is 0 Å². The molecule has 2 aromatic rings. The number of hydrogen-bond donors (Lipinski definition) is 2. The summed E-state index contributed by atoms with van der Waals surface area (Å²) in [5.41, 5.74) is 1.97. The summed E-state index contributed by atoms with van der Waals surface area (Å²) in [4.78, 5) is 20.4. The molecule has 4 nitrogen and oxygen atoms in total. The monoisotopic (exact) mass is 311 g/mol. The fourth-order valence-corrected chi connectivity index (χ4v) is 3.20. The molecule has 2 N–H and O–H groups in total. The van der Waals surface area contributed by atoms with E-state index in [0.29, 0.717) is 18.3 Å². The van der Waals surface area contributed by atoms with Crippen molar-refractivity contribution in [2.45, 2.75) is 45.6 Å². The lowest BCUT2D eigenvalue weighted by Crippen LogP contribution is -2.31. The van der Waals surface area contributed by atoms with Gasteiger partial charge in [-0.15, -0.1) is 0 Å². The van der Waals surface area contributed by atoms with E-state index in [0.717, 1.165) is 36.1 Å². The van der Waals surface area contributed by atoms with Crippen LogP contribution in [0.2, 0.25) is 0 Å². The zero-order valence-corrected chi connectivity index (χ0v) is 13.9.